The molecule has 0 unspecified atom stereocenters. The molecule has 88 valence electrons. The van der Waals surface area contributed by atoms with Crippen LogP contribution in [-0.4, -0.2) is 31.3 Å². The fourth-order valence-corrected chi connectivity index (χ4v) is 1.24. The lowest BCUT2D eigenvalue weighted by Gasteiger charge is -2.07. The second kappa shape index (κ2) is 5.97. The number of rotatable bonds is 5. The number of ether oxygens (including phenoxy) is 1. The molecule has 5 heteroatoms. The fraction of sp³-hybridized carbons (Fsp3) is 0.364. The first-order valence-corrected chi connectivity index (χ1v) is 5.01. The van der Waals surface area contributed by atoms with Crippen molar-refractivity contribution >= 4 is 11.6 Å². The number of carbonyl (C=O) groups excluding carboxylic acids is 1. The minimum atomic E-state index is -0.202. The lowest BCUT2D eigenvalue weighted by Crippen LogP contribution is -2.25. The summed E-state index contributed by atoms with van der Waals surface area (Å²) in [5.41, 5.74) is 6.62. The number of hydrogen-bond donors (Lipinski definition) is 3. The van der Waals surface area contributed by atoms with Crippen LogP contribution in [0.4, 0.5) is 5.69 Å². The quantitative estimate of drug-likeness (QED) is 0.499. The minimum absolute atomic E-state index is 0.0609. The van der Waals surface area contributed by atoms with Crippen molar-refractivity contribution in [3.63, 3.8) is 0 Å². The molecule has 4 N–H and O–H groups in total. The maximum atomic E-state index is 11.6. The number of nitrogens with two attached hydrogens (primary N) is 1. The van der Waals surface area contributed by atoms with Crippen LogP contribution in [0.2, 0.25) is 0 Å². The Labute approximate surface area is 94.2 Å². The van der Waals surface area contributed by atoms with Gasteiger partial charge in [0.25, 0.3) is 5.91 Å². The summed E-state index contributed by atoms with van der Waals surface area (Å²) >= 11 is 0. The van der Waals surface area contributed by atoms with Gasteiger partial charge >= 0.3 is 0 Å². The van der Waals surface area contributed by atoms with Gasteiger partial charge in [-0.1, -0.05) is 0 Å². The van der Waals surface area contributed by atoms with Crippen LogP contribution < -0.4 is 15.8 Å². The largest absolute Gasteiger partial charge is 0.495 e. The molecule has 16 heavy (non-hydrogen) atoms. The lowest BCUT2D eigenvalue weighted by atomic mass is 10.2. The lowest BCUT2D eigenvalue weighted by molar-refractivity contribution is 0.0951. The minimum Gasteiger partial charge on any atom is -0.495 e. The molecule has 1 rings (SSSR count). The summed E-state index contributed by atoms with van der Waals surface area (Å²) in [5, 5.41) is 11.3. The molecule has 0 atom stereocenters. The number of anilines is 1. The molecule has 0 heterocycles. The number of nitrogen functional groups attached to an aromatic ring is 1. The first-order valence-electron chi connectivity index (χ1n) is 5.01. The van der Waals surface area contributed by atoms with Crippen LogP contribution in [0.3, 0.4) is 0 Å². The molecule has 0 saturated heterocycles. The van der Waals surface area contributed by atoms with Crippen LogP contribution in [0.25, 0.3) is 0 Å². The van der Waals surface area contributed by atoms with Crippen molar-refractivity contribution in [1.82, 2.24) is 5.32 Å². The van der Waals surface area contributed by atoms with Crippen LogP contribution in [0.15, 0.2) is 18.2 Å². The van der Waals surface area contributed by atoms with Gasteiger partial charge in [0, 0.05) is 18.7 Å². The summed E-state index contributed by atoms with van der Waals surface area (Å²) in [7, 11) is 1.50. The molecule has 1 amide bonds. The number of aliphatic hydroxyl groups is 1. The zero-order valence-electron chi connectivity index (χ0n) is 9.19. The zero-order chi connectivity index (χ0) is 12.0. The Morgan fingerprint density at radius 2 is 2.31 bits per heavy atom. The van der Waals surface area contributed by atoms with E-state index >= 15 is 0 Å². The van der Waals surface area contributed by atoms with Crippen LogP contribution in [0, 0.1) is 0 Å². The first kappa shape index (κ1) is 12.3. The maximum absolute atomic E-state index is 11.6. The molecule has 0 saturated carbocycles. The summed E-state index contributed by atoms with van der Waals surface area (Å²) < 4.78 is 5.02. The maximum Gasteiger partial charge on any atom is 0.251 e. The van der Waals surface area contributed by atoms with E-state index in [2.05, 4.69) is 5.32 Å². The molecule has 1 aromatic rings. The van der Waals surface area contributed by atoms with Crippen molar-refractivity contribution in [1.29, 1.82) is 0 Å². The van der Waals surface area contributed by atoms with E-state index in [0.717, 1.165) is 0 Å². The van der Waals surface area contributed by atoms with Gasteiger partial charge in [-0.3, -0.25) is 4.79 Å². The molecule has 0 bridgehead atoms. The van der Waals surface area contributed by atoms with Crippen LogP contribution in [0.5, 0.6) is 5.75 Å². The topological polar surface area (TPSA) is 84.6 Å². The number of methoxy groups -OCH3 is 1. The highest BCUT2D eigenvalue weighted by Crippen LogP contribution is 2.21. The fourth-order valence-electron chi connectivity index (χ4n) is 1.24. The van der Waals surface area contributed by atoms with Crippen molar-refractivity contribution < 1.29 is 14.6 Å². The van der Waals surface area contributed by atoms with Crippen LogP contribution >= 0.6 is 0 Å². The highest BCUT2D eigenvalue weighted by Gasteiger charge is 2.07. The molecule has 5 nitrogen and oxygen atoms in total. The number of benzene rings is 1. The Hall–Kier alpha value is -1.75. The molecule has 0 spiro atoms. The summed E-state index contributed by atoms with van der Waals surface area (Å²) in [6, 6.07) is 4.84. The monoisotopic (exact) mass is 224 g/mol. The molecule has 1 aromatic carbocycles. The highest BCUT2D eigenvalue weighted by atomic mass is 16.5. The highest BCUT2D eigenvalue weighted by molar-refractivity contribution is 5.95. The van der Waals surface area contributed by atoms with E-state index in [4.69, 9.17) is 15.6 Å². The van der Waals surface area contributed by atoms with Gasteiger partial charge in [0.15, 0.2) is 0 Å². The molecule has 0 aliphatic rings. The normalized spacial score (nSPS) is 9.88. The molecule has 0 aromatic heterocycles. The predicted molar refractivity (Wildman–Crippen MR) is 61.4 cm³/mol. The predicted octanol–water partition coefficient (Wildman–Crippen LogP) is 0.390. The number of amides is 1. The van der Waals surface area contributed by atoms with E-state index in [9.17, 15) is 4.79 Å². The van der Waals surface area contributed by atoms with Crippen molar-refractivity contribution in [2.45, 2.75) is 6.42 Å². The standard InChI is InChI=1S/C11H16N2O3/c1-16-10-7-8(3-4-9(10)12)11(15)13-5-2-6-14/h3-4,7,14H,2,5-6,12H2,1H3,(H,13,15). The van der Waals surface area contributed by atoms with E-state index in [1.807, 2.05) is 0 Å². The van der Waals surface area contributed by atoms with Crippen LogP contribution in [0.1, 0.15) is 16.8 Å². The van der Waals surface area contributed by atoms with E-state index in [1.165, 1.54) is 7.11 Å². The van der Waals surface area contributed by atoms with E-state index < -0.39 is 0 Å². The number of carbonyl (C=O) groups is 1. The van der Waals surface area contributed by atoms with E-state index in [-0.39, 0.29) is 12.5 Å². The Balaban J connectivity index is 2.68. The van der Waals surface area contributed by atoms with E-state index in [1.54, 1.807) is 18.2 Å². The molecule has 0 aliphatic heterocycles. The zero-order valence-corrected chi connectivity index (χ0v) is 9.19. The summed E-state index contributed by atoms with van der Waals surface area (Å²) in [6.45, 7) is 0.507. The summed E-state index contributed by atoms with van der Waals surface area (Å²) in [5.74, 6) is 0.279. The Bertz CT molecular complexity index is 366. The third-order valence-corrected chi connectivity index (χ3v) is 2.12. The SMILES string of the molecule is COc1cc(C(=O)NCCCO)ccc1N. The number of aliphatic hydroxyl groups excluding tert-OH is 1. The Kier molecular flexibility index (Phi) is 4.60. The van der Waals surface area contributed by atoms with Gasteiger partial charge < -0.3 is 20.9 Å². The molecule has 0 radical (unpaired) electrons. The third kappa shape index (κ3) is 3.13. The summed E-state index contributed by atoms with van der Waals surface area (Å²) in [4.78, 5) is 11.6. The van der Waals surface area contributed by atoms with Gasteiger partial charge in [0.05, 0.1) is 12.8 Å². The van der Waals surface area contributed by atoms with Gasteiger partial charge in [0.2, 0.25) is 0 Å². The van der Waals surface area contributed by atoms with Crippen molar-refractivity contribution in [3.8, 4) is 5.75 Å². The molecule has 0 fully saturated rings. The van der Waals surface area contributed by atoms with E-state index in [0.29, 0.717) is 30.0 Å². The summed E-state index contributed by atoms with van der Waals surface area (Å²) in [6.07, 6.45) is 0.540. The first-order chi connectivity index (χ1) is 7.69. The molecular formula is C11H16N2O3. The second-order valence-corrected chi connectivity index (χ2v) is 3.29. The molecular weight excluding hydrogens is 208 g/mol. The van der Waals surface area contributed by atoms with Crippen molar-refractivity contribution in [3.05, 3.63) is 23.8 Å². The average Bonchev–Trinajstić information content (AvgIpc) is 2.30. The number of hydrogen-bond acceptors (Lipinski definition) is 4. The van der Waals surface area contributed by atoms with Gasteiger partial charge in [-0.15, -0.1) is 0 Å². The molecule has 0 aliphatic carbocycles. The third-order valence-electron chi connectivity index (χ3n) is 2.12. The van der Waals surface area contributed by atoms with Gasteiger partial charge in [-0.25, -0.2) is 0 Å². The smallest absolute Gasteiger partial charge is 0.251 e. The van der Waals surface area contributed by atoms with Gasteiger partial charge in [0.1, 0.15) is 5.75 Å². The average molecular weight is 224 g/mol. The van der Waals surface area contributed by atoms with Crippen LogP contribution in [-0.2, 0) is 0 Å². The van der Waals surface area contributed by atoms with Gasteiger partial charge in [-0.2, -0.15) is 0 Å². The Morgan fingerprint density at radius 3 is 2.94 bits per heavy atom. The second-order valence-electron chi connectivity index (χ2n) is 3.29. The number of nitrogens with one attached hydrogen (secondary N) is 1. The Morgan fingerprint density at radius 1 is 1.56 bits per heavy atom. The van der Waals surface area contributed by atoms with Gasteiger partial charge in [-0.05, 0) is 24.6 Å². The van der Waals surface area contributed by atoms with Crippen molar-refractivity contribution in [2.75, 3.05) is 26.0 Å². The van der Waals surface area contributed by atoms with Crippen molar-refractivity contribution in [2.24, 2.45) is 0 Å².